The molecule has 0 aromatic rings. The molecule has 0 saturated carbocycles. The third-order valence-electron chi connectivity index (χ3n) is 2.49. The summed E-state index contributed by atoms with van der Waals surface area (Å²) in [6.45, 7) is 7.66. The predicted molar refractivity (Wildman–Crippen MR) is 64.7 cm³/mol. The summed E-state index contributed by atoms with van der Waals surface area (Å²) in [5.41, 5.74) is -0.301. The van der Waals surface area contributed by atoms with Crippen molar-refractivity contribution in [2.75, 3.05) is 40.3 Å². The lowest BCUT2D eigenvalue weighted by atomic mass is 9.89. The van der Waals surface area contributed by atoms with E-state index >= 15 is 0 Å². The van der Waals surface area contributed by atoms with E-state index in [-0.39, 0.29) is 25.1 Å². The van der Waals surface area contributed by atoms with Gasteiger partial charge >= 0.3 is 0 Å². The first-order valence-electron chi connectivity index (χ1n) is 5.98. The van der Waals surface area contributed by atoms with Crippen molar-refractivity contribution in [3.8, 4) is 0 Å². The Morgan fingerprint density at radius 1 is 1.29 bits per heavy atom. The van der Waals surface area contributed by atoms with Crippen LogP contribution in [-0.2, 0) is 18.9 Å². The average Bonchev–Trinajstić information content (AvgIpc) is 2.30. The average molecular weight is 250 g/mol. The zero-order valence-corrected chi connectivity index (χ0v) is 11.4. The number of ether oxygens (including phenoxy) is 4. The summed E-state index contributed by atoms with van der Waals surface area (Å²) in [5, 5.41) is 9.35. The lowest BCUT2D eigenvalue weighted by Gasteiger charge is -2.27. The van der Waals surface area contributed by atoms with E-state index in [1.807, 2.05) is 20.8 Å². The Kier molecular flexibility index (Phi) is 9.68. The molecule has 0 aromatic carbocycles. The molecular formula is C12H26O5. The summed E-state index contributed by atoms with van der Waals surface area (Å²) in [5.74, 6) is 0. The van der Waals surface area contributed by atoms with Gasteiger partial charge in [0.2, 0.25) is 0 Å². The molecule has 0 spiro atoms. The molecule has 5 heteroatoms. The molecule has 2 atom stereocenters. The lowest BCUT2D eigenvalue weighted by molar-refractivity contribution is -0.138. The molecule has 0 aliphatic heterocycles. The number of hydrogen-bond donors (Lipinski definition) is 1. The van der Waals surface area contributed by atoms with Crippen LogP contribution in [0.1, 0.15) is 27.2 Å². The van der Waals surface area contributed by atoms with Crippen LogP contribution in [0.25, 0.3) is 0 Å². The highest BCUT2D eigenvalue weighted by Gasteiger charge is 2.24. The van der Waals surface area contributed by atoms with Crippen LogP contribution in [0.15, 0.2) is 0 Å². The molecule has 17 heavy (non-hydrogen) atoms. The fraction of sp³-hybridized carbons (Fsp3) is 1.00. The lowest BCUT2D eigenvalue weighted by Crippen LogP contribution is -2.30. The van der Waals surface area contributed by atoms with Crippen molar-refractivity contribution in [3.63, 3.8) is 0 Å². The smallest absolute Gasteiger partial charge is 0.154 e. The third-order valence-corrected chi connectivity index (χ3v) is 2.49. The van der Waals surface area contributed by atoms with E-state index in [1.54, 1.807) is 7.11 Å². The van der Waals surface area contributed by atoms with E-state index in [4.69, 9.17) is 18.9 Å². The molecule has 0 aliphatic carbocycles. The highest BCUT2D eigenvalue weighted by atomic mass is 16.7. The van der Waals surface area contributed by atoms with E-state index in [1.165, 1.54) is 0 Å². The van der Waals surface area contributed by atoms with Gasteiger partial charge in [0.15, 0.2) is 6.29 Å². The van der Waals surface area contributed by atoms with Gasteiger partial charge < -0.3 is 24.1 Å². The highest BCUT2D eigenvalue weighted by Crippen LogP contribution is 2.21. The van der Waals surface area contributed by atoms with E-state index in [0.717, 1.165) is 0 Å². The van der Waals surface area contributed by atoms with Crippen molar-refractivity contribution in [2.24, 2.45) is 5.41 Å². The van der Waals surface area contributed by atoms with Crippen LogP contribution in [0.2, 0.25) is 0 Å². The van der Waals surface area contributed by atoms with Gasteiger partial charge in [0.05, 0.1) is 19.8 Å². The van der Waals surface area contributed by atoms with Crippen molar-refractivity contribution >= 4 is 0 Å². The van der Waals surface area contributed by atoms with Crippen LogP contribution in [0, 0.1) is 5.41 Å². The van der Waals surface area contributed by atoms with Crippen molar-refractivity contribution in [1.82, 2.24) is 0 Å². The molecule has 0 fully saturated rings. The summed E-state index contributed by atoms with van der Waals surface area (Å²) in [4.78, 5) is 0. The van der Waals surface area contributed by atoms with Crippen LogP contribution in [0.4, 0.5) is 0 Å². The van der Waals surface area contributed by atoms with E-state index in [0.29, 0.717) is 26.2 Å². The Balaban J connectivity index is 3.78. The molecule has 104 valence electrons. The minimum absolute atomic E-state index is 0.0586. The van der Waals surface area contributed by atoms with Crippen LogP contribution in [0.5, 0.6) is 0 Å². The monoisotopic (exact) mass is 250 g/mol. The second-order valence-corrected chi connectivity index (χ2v) is 4.37. The molecule has 0 aliphatic rings. The van der Waals surface area contributed by atoms with Gasteiger partial charge in [-0.3, -0.25) is 0 Å². The Labute approximate surface area is 104 Å². The van der Waals surface area contributed by atoms with Gasteiger partial charge in [-0.2, -0.15) is 0 Å². The molecule has 0 rings (SSSR count). The first-order valence-corrected chi connectivity index (χ1v) is 5.98. The summed E-state index contributed by atoms with van der Waals surface area (Å²) in [7, 11) is 1.57. The summed E-state index contributed by atoms with van der Waals surface area (Å²) in [6, 6.07) is 0. The van der Waals surface area contributed by atoms with Crippen LogP contribution in [-0.4, -0.2) is 51.7 Å². The molecular weight excluding hydrogens is 224 g/mol. The maximum absolute atomic E-state index is 9.35. The topological polar surface area (TPSA) is 57.2 Å². The van der Waals surface area contributed by atoms with E-state index < -0.39 is 0 Å². The van der Waals surface area contributed by atoms with E-state index in [2.05, 4.69) is 0 Å². The van der Waals surface area contributed by atoms with Gasteiger partial charge in [-0.05, 0) is 20.3 Å². The first-order chi connectivity index (χ1) is 8.08. The minimum Gasteiger partial charge on any atom is -0.396 e. The number of hydrogen-bond acceptors (Lipinski definition) is 5. The Morgan fingerprint density at radius 2 is 2.00 bits per heavy atom. The van der Waals surface area contributed by atoms with Gasteiger partial charge in [-0.15, -0.1) is 0 Å². The second-order valence-electron chi connectivity index (χ2n) is 4.37. The Morgan fingerprint density at radius 3 is 2.53 bits per heavy atom. The molecule has 0 radical (unpaired) electrons. The maximum Gasteiger partial charge on any atom is 0.154 e. The largest absolute Gasteiger partial charge is 0.396 e. The second kappa shape index (κ2) is 9.79. The van der Waals surface area contributed by atoms with Gasteiger partial charge in [-0.1, -0.05) is 6.92 Å². The fourth-order valence-corrected chi connectivity index (χ4v) is 1.32. The molecule has 1 N–H and O–H groups in total. The molecule has 0 saturated heterocycles. The Hall–Kier alpha value is -0.200. The zero-order chi connectivity index (χ0) is 13.1. The van der Waals surface area contributed by atoms with Gasteiger partial charge in [0, 0.05) is 19.1 Å². The van der Waals surface area contributed by atoms with Crippen molar-refractivity contribution in [1.29, 1.82) is 0 Å². The maximum atomic E-state index is 9.35. The van der Waals surface area contributed by atoms with Crippen molar-refractivity contribution in [3.05, 3.63) is 0 Å². The predicted octanol–water partition coefficient (Wildman–Crippen LogP) is 1.39. The number of aliphatic hydroxyl groups excluding tert-OH is 1. The molecule has 5 nitrogen and oxygen atoms in total. The Bertz CT molecular complexity index is 176. The standard InChI is InChI=1S/C12H26O5/c1-5-16-11(2)17-7-6-12(3,8-13)9-15-10-14-4/h11,13H,5-10H2,1-4H3/t11?,12-/m0/s1. The van der Waals surface area contributed by atoms with Gasteiger partial charge in [0.25, 0.3) is 0 Å². The highest BCUT2D eigenvalue weighted by molar-refractivity contribution is 4.72. The van der Waals surface area contributed by atoms with Crippen molar-refractivity contribution < 1.29 is 24.1 Å². The minimum atomic E-state index is -0.301. The molecule has 0 amide bonds. The fourth-order valence-electron chi connectivity index (χ4n) is 1.32. The van der Waals surface area contributed by atoms with Crippen LogP contribution < -0.4 is 0 Å². The van der Waals surface area contributed by atoms with Crippen LogP contribution in [0.3, 0.4) is 0 Å². The van der Waals surface area contributed by atoms with Gasteiger partial charge in [-0.25, -0.2) is 0 Å². The summed E-state index contributed by atoms with van der Waals surface area (Å²) < 4.78 is 20.8. The summed E-state index contributed by atoms with van der Waals surface area (Å²) >= 11 is 0. The first kappa shape index (κ1) is 16.8. The quantitative estimate of drug-likeness (QED) is 0.443. The summed E-state index contributed by atoms with van der Waals surface area (Å²) in [6.07, 6.45) is 0.507. The normalized spacial score (nSPS) is 16.8. The molecule has 0 heterocycles. The number of rotatable bonds is 11. The third kappa shape index (κ3) is 8.51. The molecule has 0 bridgehead atoms. The van der Waals surface area contributed by atoms with Crippen LogP contribution >= 0.6 is 0 Å². The molecule has 0 aromatic heterocycles. The van der Waals surface area contributed by atoms with Gasteiger partial charge in [0.1, 0.15) is 6.79 Å². The number of methoxy groups -OCH3 is 1. The van der Waals surface area contributed by atoms with Crippen molar-refractivity contribution in [2.45, 2.75) is 33.5 Å². The number of aliphatic hydroxyl groups is 1. The molecule has 1 unspecified atom stereocenters. The zero-order valence-electron chi connectivity index (χ0n) is 11.4. The SMILES string of the molecule is CCOC(C)OCC[C@@](C)(CO)COCOC. The van der Waals surface area contributed by atoms with E-state index in [9.17, 15) is 5.11 Å².